The lowest BCUT2D eigenvalue weighted by Crippen LogP contribution is -2.28. The summed E-state index contributed by atoms with van der Waals surface area (Å²) in [5, 5.41) is 2.95. The van der Waals surface area contributed by atoms with Crippen LogP contribution in [0.3, 0.4) is 0 Å². The number of pyridine rings is 1. The molecule has 1 unspecified atom stereocenters. The number of carbonyl (C=O) groups is 2. The fraction of sp³-hybridized carbons (Fsp3) is 0.240. The van der Waals surface area contributed by atoms with Crippen LogP contribution in [0.5, 0.6) is 5.75 Å². The molecular weight excluding hydrogens is 390 g/mol. The maximum absolute atomic E-state index is 12.7. The van der Waals surface area contributed by atoms with Gasteiger partial charge in [0, 0.05) is 36.7 Å². The highest BCUT2D eigenvalue weighted by molar-refractivity contribution is 6.03. The quantitative estimate of drug-likeness (QED) is 0.632. The van der Waals surface area contributed by atoms with Gasteiger partial charge in [-0.15, -0.1) is 0 Å². The zero-order chi connectivity index (χ0) is 21.6. The number of carbonyl (C=O) groups excluding carboxylic acids is 2. The summed E-state index contributed by atoms with van der Waals surface area (Å²) < 4.78 is 5.45. The van der Waals surface area contributed by atoms with Crippen molar-refractivity contribution in [2.75, 3.05) is 23.4 Å². The number of benzene rings is 2. The summed E-state index contributed by atoms with van der Waals surface area (Å²) in [6, 6.07) is 19.2. The smallest absolute Gasteiger partial charge is 0.229 e. The number of amides is 2. The van der Waals surface area contributed by atoms with Gasteiger partial charge in [-0.05, 0) is 73.0 Å². The molecule has 0 spiro atoms. The average Bonchev–Trinajstić information content (AvgIpc) is 3.18. The van der Waals surface area contributed by atoms with Crippen molar-refractivity contribution in [2.24, 2.45) is 5.92 Å². The maximum atomic E-state index is 12.7. The van der Waals surface area contributed by atoms with Crippen molar-refractivity contribution in [3.05, 3.63) is 84.2 Å². The molecule has 0 saturated carbocycles. The summed E-state index contributed by atoms with van der Waals surface area (Å²) in [5.74, 6) is 0.204. The van der Waals surface area contributed by atoms with Crippen molar-refractivity contribution >= 4 is 23.2 Å². The van der Waals surface area contributed by atoms with E-state index in [4.69, 9.17) is 4.74 Å². The van der Waals surface area contributed by atoms with Crippen LogP contribution in [0.25, 0.3) is 0 Å². The Morgan fingerprint density at radius 3 is 2.39 bits per heavy atom. The molecule has 4 rings (SSSR count). The van der Waals surface area contributed by atoms with E-state index in [0.29, 0.717) is 13.2 Å². The fourth-order valence-electron chi connectivity index (χ4n) is 3.71. The molecule has 1 aromatic heterocycles. The van der Waals surface area contributed by atoms with Gasteiger partial charge in [0.15, 0.2) is 0 Å². The molecule has 1 fully saturated rings. The highest BCUT2D eigenvalue weighted by Gasteiger charge is 2.35. The molecule has 0 radical (unpaired) electrons. The van der Waals surface area contributed by atoms with E-state index in [-0.39, 0.29) is 24.2 Å². The van der Waals surface area contributed by atoms with Crippen molar-refractivity contribution < 1.29 is 14.3 Å². The minimum atomic E-state index is -0.379. The van der Waals surface area contributed by atoms with Gasteiger partial charge in [0.05, 0.1) is 12.5 Å². The molecule has 0 aliphatic carbocycles. The SMILES string of the molecule is CCOc1ccc(N2CC(C(=O)Nc3ccc(Cc4ccncc4)cc3)CC2=O)cc1. The summed E-state index contributed by atoms with van der Waals surface area (Å²) in [7, 11) is 0. The Morgan fingerprint density at radius 1 is 1.03 bits per heavy atom. The molecule has 2 amide bonds. The van der Waals surface area contributed by atoms with Gasteiger partial charge >= 0.3 is 0 Å². The Hall–Kier alpha value is -3.67. The summed E-state index contributed by atoms with van der Waals surface area (Å²) in [5.41, 5.74) is 3.85. The molecular formula is C25H25N3O3. The van der Waals surface area contributed by atoms with Crippen LogP contribution in [0.15, 0.2) is 73.1 Å². The molecule has 6 nitrogen and oxygen atoms in total. The molecule has 1 saturated heterocycles. The molecule has 31 heavy (non-hydrogen) atoms. The highest BCUT2D eigenvalue weighted by atomic mass is 16.5. The zero-order valence-corrected chi connectivity index (χ0v) is 17.5. The number of nitrogens with zero attached hydrogens (tertiary/aromatic N) is 2. The van der Waals surface area contributed by atoms with Gasteiger partial charge in [-0.25, -0.2) is 0 Å². The van der Waals surface area contributed by atoms with E-state index in [9.17, 15) is 9.59 Å². The second-order valence-corrected chi connectivity index (χ2v) is 7.55. The molecule has 1 N–H and O–H groups in total. The molecule has 1 aliphatic rings. The van der Waals surface area contributed by atoms with Crippen LogP contribution in [0.1, 0.15) is 24.5 Å². The molecule has 1 aliphatic heterocycles. The van der Waals surface area contributed by atoms with Crippen LogP contribution in [-0.2, 0) is 16.0 Å². The van der Waals surface area contributed by atoms with Gasteiger partial charge in [0.25, 0.3) is 0 Å². The lowest BCUT2D eigenvalue weighted by Gasteiger charge is -2.17. The van der Waals surface area contributed by atoms with E-state index in [1.807, 2.05) is 67.6 Å². The first kappa shape index (κ1) is 20.6. The first-order valence-electron chi connectivity index (χ1n) is 10.4. The van der Waals surface area contributed by atoms with Crippen LogP contribution < -0.4 is 15.0 Å². The Labute approximate surface area is 181 Å². The van der Waals surface area contributed by atoms with E-state index < -0.39 is 0 Å². The van der Waals surface area contributed by atoms with E-state index >= 15 is 0 Å². The van der Waals surface area contributed by atoms with Crippen molar-refractivity contribution in [3.63, 3.8) is 0 Å². The number of hydrogen-bond acceptors (Lipinski definition) is 4. The highest BCUT2D eigenvalue weighted by Crippen LogP contribution is 2.27. The number of anilines is 2. The minimum absolute atomic E-state index is 0.0444. The van der Waals surface area contributed by atoms with E-state index in [1.54, 1.807) is 17.3 Å². The molecule has 3 aromatic rings. The molecule has 6 heteroatoms. The van der Waals surface area contributed by atoms with Gasteiger partial charge in [0.2, 0.25) is 11.8 Å². The van der Waals surface area contributed by atoms with Gasteiger partial charge in [0.1, 0.15) is 5.75 Å². The van der Waals surface area contributed by atoms with E-state index in [0.717, 1.165) is 29.1 Å². The van der Waals surface area contributed by atoms with Gasteiger partial charge in [-0.2, -0.15) is 0 Å². The van der Waals surface area contributed by atoms with E-state index in [1.165, 1.54) is 5.56 Å². The van der Waals surface area contributed by atoms with E-state index in [2.05, 4.69) is 10.3 Å². The summed E-state index contributed by atoms with van der Waals surface area (Å²) in [6.07, 6.45) is 4.58. The molecule has 1 atom stereocenters. The number of ether oxygens (including phenoxy) is 1. The normalized spacial score (nSPS) is 15.7. The van der Waals surface area contributed by atoms with Gasteiger partial charge < -0.3 is 15.0 Å². The first-order valence-corrected chi connectivity index (χ1v) is 10.4. The maximum Gasteiger partial charge on any atom is 0.229 e. The second-order valence-electron chi connectivity index (χ2n) is 7.55. The van der Waals surface area contributed by atoms with Crippen molar-refractivity contribution in [3.8, 4) is 5.75 Å². The number of aromatic nitrogens is 1. The first-order chi connectivity index (χ1) is 15.1. The monoisotopic (exact) mass is 415 g/mol. The largest absolute Gasteiger partial charge is 0.494 e. The third-order valence-corrected chi connectivity index (χ3v) is 5.33. The summed E-state index contributed by atoms with van der Waals surface area (Å²) in [6.45, 7) is 2.89. The van der Waals surface area contributed by atoms with Crippen LogP contribution in [0.2, 0.25) is 0 Å². The Balaban J connectivity index is 1.35. The molecule has 0 bridgehead atoms. The second kappa shape index (κ2) is 9.43. The summed E-state index contributed by atoms with van der Waals surface area (Å²) in [4.78, 5) is 30.9. The zero-order valence-electron chi connectivity index (χ0n) is 17.5. The Bertz CT molecular complexity index is 1030. The van der Waals surface area contributed by atoms with Crippen molar-refractivity contribution in [1.82, 2.24) is 4.98 Å². The minimum Gasteiger partial charge on any atom is -0.494 e. The lowest BCUT2D eigenvalue weighted by atomic mass is 10.1. The van der Waals surface area contributed by atoms with Crippen molar-refractivity contribution in [2.45, 2.75) is 19.8 Å². The number of rotatable bonds is 7. The molecule has 2 heterocycles. The predicted octanol–water partition coefficient (Wildman–Crippen LogP) is 4.06. The fourth-order valence-corrected chi connectivity index (χ4v) is 3.71. The predicted molar refractivity (Wildman–Crippen MR) is 120 cm³/mol. The Morgan fingerprint density at radius 2 is 1.71 bits per heavy atom. The molecule has 158 valence electrons. The van der Waals surface area contributed by atoms with Crippen LogP contribution in [0.4, 0.5) is 11.4 Å². The van der Waals surface area contributed by atoms with Crippen LogP contribution in [0, 0.1) is 5.92 Å². The van der Waals surface area contributed by atoms with Gasteiger partial charge in [-0.3, -0.25) is 14.6 Å². The number of nitrogens with one attached hydrogen (secondary N) is 1. The standard InChI is InChI=1S/C25H25N3O3/c1-2-31-23-9-7-22(8-10-23)28-17-20(16-24(28)29)25(30)27-21-5-3-18(4-6-21)15-19-11-13-26-14-12-19/h3-14,20H,2,15-17H2,1H3,(H,27,30). The van der Waals surface area contributed by atoms with Gasteiger partial charge in [-0.1, -0.05) is 12.1 Å². The van der Waals surface area contributed by atoms with Crippen LogP contribution >= 0.6 is 0 Å². The number of hydrogen-bond donors (Lipinski definition) is 1. The van der Waals surface area contributed by atoms with Crippen molar-refractivity contribution in [1.29, 1.82) is 0 Å². The molecule has 2 aromatic carbocycles. The lowest BCUT2D eigenvalue weighted by molar-refractivity contribution is -0.122. The summed E-state index contributed by atoms with van der Waals surface area (Å²) >= 11 is 0. The third-order valence-electron chi connectivity index (χ3n) is 5.33. The van der Waals surface area contributed by atoms with Crippen LogP contribution in [-0.4, -0.2) is 29.9 Å². The topological polar surface area (TPSA) is 71.5 Å². The average molecular weight is 415 g/mol. The third kappa shape index (κ3) is 5.09. The Kier molecular flexibility index (Phi) is 6.26.